The molecule has 0 unspecified atom stereocenters. The number of hydrogen-bond donors (Lipinski definition) is 0. The van der Waals surface area contributed by atoms with E-state index >= 15 is 0 Å². The summed E-state index contributed by atoms with van der Waals surface area (Å²) in [6.07, 6.45) is 0.159. The number of benzene rings is 1. The molecule has 0 saturated heterocycles. The van der Waals surface area contributed by atoms with Crippen LogP contribution in [0, 0.1) is 17.1 Å². The molecule has 0 fully saturated rings. The molecule has 0 bridgehead atoms. The van der Waals surface area contributed by atoms with E-state index in [2.05, 4.69) is 0 Å². The lowest BCUT2D eigenvalue weighted by atomic mass is 10.0. The molecule has 0 radical (unpaired) electrons. The molecule has 0 atom stereocenters. The minimum Gasteiger partial charge on any atom is -0.298 e. The van der Waals surface area contributed by atoms with Crippen LogP contribution in [0.2, 0.25) is 0 Å². The average molecular weight is 212 g/mol. The van der Waals surface area contributed by atoms with Gasteiger partial charge in [0, 0.05) is 0 Å². The first-order valence-corrected chi connectivity index (χ1v) is 3.87. The summed E-state index contributed by atoms with van der Waals surface area (Å²) in [5.41, 5.74) is -0.985. The molecule has 0 aliphatic rings. The van der Waals surface area contributed by atoms with Gasteiger partial charge in [0.05, 0.1) is 22.8 Å². The lowest BCUT2D eigenvalue weighted by molar-refractivity contribution is 0.106. The third-order valence-electron chi connectivity index (χ3n) is 1.63. The number of carbonyl (C=O) groups is 2. The van der Waals surface area contributed by atoms with Crippen molar-refractivity contribution in [3.8, 4) is 6.07 Å². The van der Waals surface area contributed by atoms with E-state index in [0.29, 0.717) is 0 Å². The summed E-state index contributed by atoms with van der Waals surface area (Å²) in [5.74, 6) is -0.872. The third kappa shape index (κ3) is 1.63. The fourth-order valence-corrected chi connectivity index (χ4v) is 1.22. The fraction of sp³-hybridized carbons (Fsp3) is 0. The van der Waals surface area contributed by atoms with Crippen LogP contribution in [0.3, 0.4) is 0 Å². The van der Waals surface area contributed by atoms with Crippen LogP contribution in [0.1, 0.15) is 26.3 Å². The molecule has 0 spiro atoms. The Labute approximate surface area is 83.7 Å². The quantitative estimate of drug-likeness (QED) is 0.554. The zero-order chi connectivity index (χ0) is 10.7. The van der Waals surface area contributed by atoms with Crippen molar-refractivity contribution in [3.63, 3.8) is 0 Å². The predicted octanol–water partition coefficient (Wildman–Crippen LogP) is 1.89. The van der Waals surface area contributed by atoms with Gasteiger partial charge in [0.15, 0.2) is 6.29 Å². The zero-order valence-corrected chi connectivity index (χ0v) is 7.51. The Morgan fingerprint density at radius 3 is 2.64 bits per heavy atom. The normalized spacial score (nSPS) is 9.21. The highest BCUT2D eigenvalue weighted by molar-refractivity contribution is 6.68. The predicted molar refractivity (Wildman–Crippen MR) is 46.7 cm³/mol. The Morgan fingerprint density at radius 2 is 2.21 bits per heavy atom. The van der Waals surface area contributed by atoms with Crippen molar-refractivity contribution in [3.05, 3.63) is 34.6 Å². The van der Waals surface area contributed by atoms with E-state index < -0.39 is 16.6 Å². The van der Waals surface area contributed by atoms with E-state index in [1.54, 1.807) is 6.07 Å². The van der Waals surface area contributed by atoms with Gasteiger partial charge < -0.3 is 0 Å². The maximum atomic E-state index is 13.0. The van der Waals surface area contributed by atoms with Crippen molar-refractivity contribution >= 4 is 23.1 Å². The number of nitriles is 1. The second-order valence-corrected chi connectivity index (χ2v) is 2.73. The van der Waals surface area contributed by atoms with Crippen LogP contribution < -0.4 is 0 Å². The molecule has 0 aliphatic heterocycles. The summed E-state index contributed by atoms with van der Waals surface area (Å²) in [5, 5.41) is 7.55. The van der Waals surface area contributed by atoms with Gasteiger partial charge >= 0.3 is 0 Å². The number of carbonyl (C=O) groups excluding carboxylic acids is 2. The summed E-state index contributed by atoms with van der Waals surface area (Å²) in [4.78, 5) is 21.3. The van der Waals surface area contributed by atoms with E-state index in [-0.39, 0.29) is 17.4 Å². The van der Waals surface area contributed by atoms with E-state index in [0.717, 1.165) is 12.1 Å². The minimum atomic E-state index is -1.02. The Bertz CT molecular complexity index is 451. The molecular weight excluding hydrogens is 209 g/mol. The molecule has 0 aromatic heterocycles. The second-order valence-electron chi connectivity index (χ2n) is 2.39. The molecule has 0 heterocycles. The highest BCUT2D eigenvalue weighted by Crippen LogP contribution is 2.18. The van der Waals surface area contributed by atoms with Gasteiger partial charge in [0.2, 0.25) is 0 Å². The largest absolute Gasteiger partial charge is 0.298 e. The molecule has 1 rings (SSSR count). The van der Waals surface area contributed by atoms with E-state index in [9.17, 15) is 14.0 Å². The van der Waals surface area contributed by atoms with Crippen LogP contribution in [0.25, 0.3) is 0 Å². The van der Waals surface area contributed by atoms with Crippen molar-refractivity contribution in [1.82, 2.24) is 0 Å². The van der Waals surface area contributed by atoms with Gasteiger partial charge in [-0.2, -0.15) is 5.26 Å². The fourth-order valence-electron chi connectivity index (χ4n) is 1.01. The van der Waals surface area contributed by atoms with Crippen LogP contribution >= 0.6 is 11.6 Å². The first kappa shape index (κ1) is 10.4. The summed E-state index contributed by atoms with van der Waals surface area (Å²) in [6.45, 7) is 0. The maximum absolute atomic E-state index is 13.0. The number of rotatable bonds is 2. The van der Waals surface area contributed by atoms with Crippen molar-refractivity contribution in [2.24, 2.45) is 0 Å². The number of hydrogen-bond acceptors (Lipinski definition) is 3. The van der Waals surface area contributed by atoms with Crippen molar-refractivity contribution in [1.29, 1.82) is 5.26 Å². The van der Waals surface area contributed by atoms with E-state index in [1.165, 1.54) is 0 Å². The summed E-state index contributed by atoms with van der Waals surface area (Å²) in [6, 6.07) is 3.68. The zero-order valence-electron chi connectivity index (χ0n) is 6.75. The number of aldehydes is 1. The Hall–Kier alpha value is -1.73. The molecule has 70 valence electrons. The highest BCUT2D eigenvalue weighted by atomic mass is 35.5. The third-order valence-corrected chi connectivity index (χ3v) is 1.82. The molecule has 14 heavy (non-hydrogen) atoms. The van der Waals surface area contributed by atoms with Gasteiger partial charge in [0.25, 0.3) is 5.24 Å². The molecule has 5 heteroatoms. The molecule has 0 N–H and O–H groups in total. The lowest BCUT2D eigenvalue weighted by Gasteiger charge is -2.02. The van der Waals surface area contributed by atoms with Crippen LogP contribution in [0.4, 0.5) is 4.39 Å². The van der Waals surface area contributed by atoms with Gasteiger partial charge in [-0.05, 0) is 23.7 Å². The first-order chi connectivity index (χ1) is 6.61. The first-order valence-electron chi connectivity index (χ1n) is 3.49. The molecule has 0 amide bonds. The van der Waals surface area contributed by atoms with Gasteiger partial charge in [0.1, 0.15) is 5.82 Å². The Kier molecular flexibility index (Phi) is 2.95. The second kappa shape index (κ2) is 3.99. The van der Waals surface area contributed by atoms with Gasteiger partial charge in [-0.3, -0.25) is 9.59 Å². The summed E-state index contributed by atoms with van der Waals surface area (Å²) < 4.78 is 13.0. The molecule has 3 nitrogen and oxygen atoms in total. The van der Waals surface area contributed by atoms with Crippen LogP contribution in [0.15, 0.2) is 12.1 Å². The standard InChI is InChI=1S/C9H3ClFNO2/c10-9(14)8-5(3-12)1-2-7(11)6(8)4-13/h1-2,4H. The van der Waals surface area contributed by atoms with Crippen LogP contribution in [0.5, 0.6) is 0 Å². The molecule has 1 aromatic carbocycles. The van der Waals surface area contributed by atoms with Gasteiger partial charge in [-0.25, -0.2) is 4.39 Å². The number of nitrogens with zero attached hydrogens (tertiary/aromatic N) is 1. The lowest BCUT2D eigenvalue weighted by Crippen LogP contribution is -2.03. The van der Waals surface area contributed by atoms with Crippen LogP contribution in [-0.2, 0) is 0 Å². The topological polar surface area (TPSA) is 57.9 Å². The van der Waals surface area contributed by atoms with Gasteiger partial charge in [-0.1, -0.05) is 0 Å². The summed E-state index contributed by atoms with van der Waals surface area (Å²) >= 11 is 5.13. The average Bonchev–Trinajstić information content (AvgIpc) is 2.17. The van der Waals surface area contributed by atoms with Crippen LogP contribution in [-0.4, -0.2) is 11.5 Å². The molecule has 0 saturated carbocycles. The SMILES string of the molecule is N#Cc1ccc(F)c(C=O)c1C(=O)Cl. The number of halogens is 2. The highest BCUT2D eigenvalue weighted by Gasteiger charge is 2.17. The molecule has 1 aromatic rings. The maximum Gasteiger partial charge on any atom is 0.254 e. The van der Waals surface area contributed by atoms with Crippen molar-refractivity contribution < 1.29 is 14.0 Å². The molecule has 0 aliphatic carbocycles. The van der Waals surface area contributed by atoms with Gasteiger partial charge in [-0.15, -0.1) is 0 Å². The summed E-state index contributed by atoms with van der Waals surface area (Å²) in [7, 11) is 0. The van der Waals surface area contributed by atoms with E-state index in [1.807, 2.05) is 0 Å². The van der Waals surface area contributed by atoms with Crippen molar-refractivity contribution in [2.45, 2.75) is 0 Å². The Morgan fingerprint density at radius 1 is 1.57 bits per heavy atom. The monoisotopic (exact) mass is 211 g/mol. The van der Waals surface area contributed by atoms with E-state index in [4.69, 9.17) is 16.9 Å². The minimum absolute atomic E-state index is 0.117. The molecular formula is C9H3ClFNO2. The Balaban J connectivity index is 3.62. The van der Waals surface area contributed by atoms with Crippen molar-refractivity contribution in [2.75, 3.05) is 0 Å². The smallest absolute Gasteiger partial charge is 0.254 e.